The number of nitrogens with zero attached hydrogens (tertiary/aromatic N) is 2. The highest BCUT2D eigenvalue weighted by molar-refractivity contribution is 7.51. The lowest BCUT2D eigenvalue weighted by Gasteiger charge is -2.03. The third kappa shape index (κ3) is 6.69. The van der Waals surface area contributed by atoms with Gasteiger partial charge in [0.15, 0.2) is 31.3 Å². The van der Waals surface area contributed by atoms with E-state index < -0.39 is 7.60 Å². The molecule has 8 heteroatoms. The van der Waals surface area contributed by atoms with Gasteiger partial charge in [0.2, 0.25) is 5.69 Å². The molecule has 3 rings (SSSR count). The molecule has 0 fully saturated rings. The van der Waals surface area contributed by atoms with Crippen molar-refractivity contribution in [1.82, 2.24) is 0 Å². The molecule has 0 aliphatic carbocycles. The SMILES string of the molecule is Cc1cc(C)cc(-[n+]2ccc(-c3cc[n+](CCP(=O)(O)O)cc3)cc2)c1.[Cl-].[Cl-]. The quantitative estimate of drug-likeness (QED) is 0.323. The summed E-state index contributed by atoms with van der Waals surface area (Å²) in [7, 11) is -3.97. The molecule has 0 aliphatic rings. The van der Waals surface area contributed by atoms with E-state index >= 15 is 0 Å². The molecule has 0 saturated heterocycles. The van der Waals surface area contributed by atoms with E-state index in [0.29, 0.717) is 6.54 Å². The fourth-order valence-electron chi connectivity index (χ4n) is 2.94. The van der Waals surface area contributed by atoms with Crippen LogP contribution in [0.3, 0.4) is 0 Å². The third-order valence-electron chi connectivity index (χ3n) is 4.21. The van der Waals surface area contributed by atoms with Gasteiger partial charge in [-0.2, -0.15) is 4.57 Å². The van der Waals surface area contributed by atoms with Gasteiger partial charge >= 0.3 is 7.60 Å². The molecule has 28 heavy (non-hydrogen) atoms. The first kappa shape index (κ1) is 24.3. The van der Waals surface area contributed by atoms with E-state index in [1.54, 1.807) is 4.57 Å². The smallest absolute Gasteiger partial charge is 0.331 e. The van der Waals surface area contributed by atoms with Crippen molar-refractivity contribution in [1.29, 1.82) is 0 Å². The van der Waals surface area contributed by atoms with Gasteiger partial charge in [-0.3, -0.25) is 4.57 Å². The van der Waals surface area contributed by atoms with Crippen molar-refractivity contribution in [2.24, 2.45) is 0 Å². The summed E-state index contributed by atoms with van der Waals surface area (Å²) in [6, 6.07) is 14.5. The molecule has 1 aromatic carbocycles. The molecule has 0 amide bonds. The predicted octanol–water partition coefficient (Wildman–Crippen LogP) is -3.28. The second-order valence-corrected chi connectivity index (χ2v) is 8.33. The molecule has 5 nitrogen and oxygen atoms in total. The zero-order valence-corrected chi connectivity index (χ0v) is 18.1. The van der Waals surface area contributed by atoms with Crippen LogP contribution in [0, 0.1) is 13.8 Å². The lowest BCUT2D eigenvalue weighted by atomic mass is 10.1. The Hall–Kier alpha value is -1.75. The van der Waals surface area contributed by atoms with Gasteiger partial charge in [-0.05, 0) is 36.1 Å². The Morgan fingerprint density at radius 1 is 0.821 bits per heavy atom. The fraction of sp³-hybridized carbons (Fsp3) is 0.200. The van der Waals surface area contributed by atoms with Gasteiger partial charge in [0.1, 0.15) is 6.16 Å². The molecule has 2 aromatic heterocycles. The Morgan fingerprint density at radius 3 is 1.75 bits per heavy atom. The predicted molar refractivity (Wildman–Crippen MR) is 100.0 cm³/mol. The Labute approximate surface area is 177 Å². The Morgan fingerprint density at radius 2 is 1.29 bits per heavy atom. The molecule has 0 atom stereocenters. The number of hydrogen-bond acceptors (Lipinski definition) is 1. The Bertz CT molecular complexity index is 938. The lowest BCUT2D eigenvalue weighted by Crippen LogP contribution is -3.00. The molecular weight excluding hydrogens is 418 g/mol. The van der Waals surface area contributed by atoms with Crippen LogP contribution >= 0.6 is 7.60 Å². The number of hydrogen-bond donors (Lipinski definition) is 2. The molecule has 3 aromatic rings. The van der Waals surface area contributed by atoms with E-state index in [-0.39, 0.29) is 31.0 Å². The molecule has 0 spiro atoms. The average molecular weight is 441 g/mol. The monoisotopic (exact) mass is 440 g/mol. The minimum Gasteiger partial charge on any atom is -1.00 e. The normalized spacial score (nSPS) is 10.7. The van der Waals surface area contributed by atoms with Crippen molar-refractivity contribution in [2.45, 2.75) is 20.4 Å². The summed E-state index contributed by atoms with van der Waals surface area (Å²) in [6.45, 7) is 4.49. The standard InChI is InChI=1S/C20H21N2O3P.2ClH/c1-16-13-17(2)15-20(14-16)22-9-5-19(6-10-22)18-3-7-21(8-4-18)11-12-26(23,24)25;;/h3-10,13-15H,11-12H2,1-2H3;2*1H. The van der Waals surface area contributed by atoms with E-state index in [1.165, 1.54) is 11.1 Å². The van der Waals surface area contributed by atoms with Crippen LogP contribution in [0.2, 0.25) is 0 Å². The maximum absolute atomic E-state index is 11.0. The second-order valence-electron chi connectivity index (χ2n) is 6.55. The summed E-state index contributed by atoms with van der Waals surface area (Å²) in [4.78, 5) is 17.9. The summed E-state index contributed by atoms with van der Waals surface area (Å²) >= 11 is 0. The number of aromatic nitrogens is 2. The minimum atomic E-state index is -3.97. The van der Waals surface area contributed by atoms with Crippen molar-refractivity contribution in [2.75, 3.05) is 6.16 Å². The van der Waals surface area contributed by atoms with Gasteiger partial charge in [0.25, 0.3) is 0 Å². The molecule has 0 radical (unpaired) electrons. The molecule has 0 saturated carbocycles. The lowest BCUT2D eigenvalue weighted by molar-refractivity contribution is -0.692. The first-order valence-corrected chi connectivity index (χ1v) is 10.2. The molecule has 0 unspecified atom stereocenters. The number of pyridine rings is 2. The molecule has 0 bridgehead atoms. The summed E-state index contributed by atoms with van der Waals surface area (Å²) in [5.74, 6) is 0. The number of benzene rings is 1. The summed E-state index contributed by atoms with van der Waals surface area (Å²) < 4.78 is 14.8. The van der Waals surface area contributed by atoms with Crippen molar-refractivity contribution in [3.8, 4) is 16.8 Å². The average Bonchev–Trinajstić information content (AvgIpc) is 2.59. The number of rotatable bonds is 5. The van der Waals surface area contributed by atoms with Gasteiger partial charge in [0.05, 0.1) is 0 Å². The van der Waals surface area contributed by atoms with Gasteiger partial charge in [-0.25, -0.2) is 4.57 Å². The van der Waals surface area contributed by atoms with E-state index in [9.17, 15) is 4.57 Å². The van der Waals surface area contributed by atoms with Crippen molar-refractivity contribution in [3.63, 3.8) is 0 Å². The van der Waals surface area contributed by atoms with Crippen LogP contribution in [0.15, 0.2) is 67.3 Å². The zero-order valence-electron chi connectivity index (χ0n) is 15.7. The highest BCUT2D eigenvalue weighted by Crippen LogP contribution is 2.33. The maximum Gasteiger partial charge on any atom is 0.331 e. The minimum absolute atomic E-state index is 0. The van der Waals surface area contributed by atoms with E-state index in [1.807, 2.05) is 36.9 Å². The number of aryl methyl sites for hydroxylation is 3. The van der Waals surface area contributed by atoms with E-state index in [0.717, 1.165) is 16.8 Å². The highest BCUT2D eigenvalue weighted by atomic mass is 35.5. The number of halogens is 2. The van der Waals surface area contributed by atoms with Crippen LogP contribution in [0.5, 0.6) is 0 Å². The van der Waals surface area contributed by atoms with Crippen LogP contribution in [0.25, 0.3) is 16.8 Å². The molecule has 150 valence electrons. The fourth-order valence-corrected chi connectivity index (χ4v) is 3.43. The van der Waals surface area contributed by atoms with Gasteiger partial charge in [-0.15, -0.1) is 0 Å². The first-order chi connectivity index (χ1) is 12.3. The molecule has 0 aliphatic heterocycles. The van der Waals surface area contributed by atoms with Crippen LogP contribution in [-0.2, 0) is 11.1 Å². The van der Waals surface area contributed by atoms with Crippen LogP contribution in [-0.4, -0.2) is 15.9 Å². The largest absolute Gasteiger partial charge is 1.00 e. The first-order valence-electron chi connectivity index (χ1n) is 8.44. The summed E-state index contributed by atoms with van der Waals surface area (Å²) in [5, 5.41) is 0. The highest BCUT2D eigenvalue weighted by Gasteiger charge is 2.16. The second kappa shape index (κ2) is 10.1. The Kier molecular flexibility index (Phi) is 8.80. The molecule has 2 heterocycles. The van der Waals surface area contributed by atoms with Crippen LogP contribution in [0.1, 0.15) is 11.1 Å². The Balaban J connectivity index is 0.00000196. The van der Waals surface area contributed by atoms with Crippen LogP contribution < -0.4 is 33.9 Å². The van der Waals surface area contributed by atoms with Gasteiger partial charge in [0, 0.05) is 36.4 Å². The topological polar surface area (TPSA) is 65.3 Å². The van der Waals surface area contributed by atoms with E-state index in [2.05, 4.69) is 48.7 Å². The van der Waals surface area contributed by atoms with Crippen LogP contribution in [0.4, 0.5) is 0 Å². The van der Waals surface area contributed by atoms with Gasteiger partial charge in [-0.1, -0.05) is 6.07 Å². The zero-order chi connectivity index (χ0) is 18.7. The summed E-state index contributed by atoms with van der Waals surface area (Å²) in [5.41, 5.74) is 5.76. The maximum atomic E-state index is 11.0. The summed E-state index contributed by atoms with van der Waals surface area (Å²) in [6.07, 6.45) is 7.61. The van der Waals surface area contributed by atoms with Crippen molar-refractivity contribution in [3.05, 3.63) is 78.4 Å². The molecular formula is C20H23Cl2N2O3P. The molecule has 2 N–H and O–H groups in total. The van der Waals surface area contributed by atoms with Crippen molar-refractivity contribution < 1.29 is 48.3 Å². The van der Waals surface area contributed by atoms with Crippen molar-refractivity contribution >= 4 is 7.60 Å². The van der Waals surface area contributed by atoms with Gasteiger partial charge < -0.3 is 34.6 Å². The third-order valence-corrected chi connectivity index (χ3v) is 4.99. The van der Waals surface area contributed by atoms with E-state index in [4.69, 9.17) is 9.79 Å².